The van der Waals surface area contributed by atoms with Gasteiger partial charge in [0.15, 0.2) is 0 Å². The molecule has 1 rings (SSSR count). The van der Waals surface area contributed by atoms with Crippen molar-refractivity contribution in [3.63, 3.8) is 0 Å². The highest BCUT2D eigenvalue weighted by atomic mass is 16.5. The van der Waals surface area contributed by atoms with E-state index in [1.807, 2.05) is 7.11 Å². The van der Waals surface area contributed by atoms with Gasteiger partial charge in [0.1, 0.15) is 0 Å². The fraction of sp³-hybridized carbons (Fsp3) is 1.00. The Hall–Kier alpha value is -0.120. The SMILES string of the molecule is COC1CCCC1NCCC(N)C(C)C. The molecule has 0 radical (unpaired) electrons. The molecule has 1 aliphatic carbocycles. The summed E-state index contributed by atoms with van der Waals surface area (Å²) in [4.78, 5) is 0. The Balaban J connectivity index is 2.14. The molecule has 3 nitrogen and oxygen atoms in total. The van der Waals surface area contributed by atoms with E-state index in [0.717, 1.165) is 13.0 Å². The van der Waals surface area contributed by atoms with Crippen LogP contribution < -0.4 is 11.1 Å². The number of nitrogens with two attached hydrogens (primary N) is 1. The Bertz CT molecular complexity index is 173. The largest absolute Gasteiger partial charge is 0.380 e. The third-order valence-electron chi connectivity index (χ3n) is 3.50. The Morgan fingerprint density at radius 1 is 1.40 bits per heavy atom. The second kappa shape index (κ2) is 6.46. The van der Waals surface area contributed by atoms with Gasteiger partial charge >= 0.3 is 0 Å². The van der Waals surface area contributed by atoms with E-state index in [0.29, 0.717) is 24.1 Å². The summed E-state index contributed by atoms with van der Waals surface area (Å²) in [6, 6.07) is 0.870. The maximum Gasteiger partial charge on any atom is 0.0724 e. The van der Waals surface area contributed by atoms with Gasteiger partial charge in [0, 0.05) is 19.2 Å². The van der Waals surface area contributed by atoms with Crippen LogP contribution in [0.2, 0.25) is 0 Å². The second-order valence-corrected chi connectivity index (χ2v) is 4.96. The van der Waals surface area contributed by atoms with Crippen LogP contribution in [0.25, 0.3) is 0 Å². The Morgan fingerprint density at radius 3 is 2.73 bits per heavy atom. The summed E-state index contributed by atoms with van der Waals surface area (Å²) in [5, 5.41) is 3.56. The van der Waals surface area contributed by atoms with Crippen molar-refractivity contribution in [2.75, 3.05) is 13.7 Å². The monoisotopic (exact) mass is 214 g/mol. The van der Waals surface area contributed by atoms with Gasteiger partial charge < -0.3 is 15.8 Å². The molecule has 3 atom stereocenters. The van der Waals surface area contributed by atoms with Gasteiger partial charge in [0.25, 0.3) is 0 Å². The quantitative estimate of drug-likeness (QED) is 0.704. The summed E-state index contributed by atoms with van der Waals surface area (Å²) in [7, 11) is 1.81. The molecule has 0 aromatic carbocycles. The first-order valence-electron chi connectivity index (χ1n) is 6.17. The minimum Gasteiger partial charge on any atom is -0.380 e. The lowest BCUT2D eigenvalue weighted by molar-refractivity contribution is 0.0849. The summed E-state index contributed by atoms with van der Waals surface area (Å²) in [6.07, 6.45) is 5.21. The minimum atomic E-state index is 0.319. The van der Waals surface area contributed by atoms with Crippen molar-refractivity contribution in [2.24, 2.45) is 11.7 Å². The number of methoxy groups -OCH3 is 1. The Kier molecular flexibility index (Phi) is 5.58. The highest BCUT2D eigenvalue weighted by molar-refractivity contribution is 4.84. The first-order chi connectivity index (χ1) is 7.15. The van der Waals surface area contributed by atoms with Crippen LogP contribution in [0.15, 0.2) is 0 Å². The van der Waals surface area contributed by atoms with Crippen molar-refractivity contribution in [2.45, 2.75) is 57.7 Å². The van der Waals surface area contributed by atoms with Crippen molar-refractivity contribution in [3.8, 4) is 0 Å². The van der Waals surface area contributed by atoms with E-state index in [1.165, 1.54) is 19.3 Å². The number of nitrogens with one attached hydrogen (secondary N) is 1. The van der Waals surface area contributed by atoms with Crippen molar-refractivity contribution >= 4 is 0 Å². The summed E-state index contributed by atoms with van der Waals surface area (Å²) in [5.41, 5.74) is 6.00. The van der Waals surface area contributed by atoms with Crippen LogP contribution in [0.4, 0.5) is 0 Å². The normalized spacial score (nSPS) is 28.6. The summed E-state index contributed by atoms with van der Waals surface area (Å²) < 4.78 is 5.43. The van der Waals surface area contributed by atoms with E-state index < -0.39 is 0 Å². The van der Waals surface area contributed by atoms with E-state index in [-0.39, 0.29) is 0 Å². The van der Waals surface area contributed by atoms with Gasteiger partial charge in [0.05, 0.1) is 6.10 Å². The van der Waals surface area contributed by atoms with Gasteiger partial charge in [-0.2, -0.15) is 0 Å². The summed E-state index contributed by atoms with van der Waals surface area (Å²) in [6.45, 7) is 5.38. The standard InChI is InChI=1S/C12H26N2O/c1-9(2)10(13)7-8-14-11-5-4-6-12(11)15-3/h9-12,14H,4-8,13H2,1-3H3. The van der Waals surface area contributed by atoms with Crippen molar-refractivity contribution in [1.82, 2.24) is 5.32 Å². The van der Waals surface area contributed by atoms with Gasteiger partial charge in [-0.05, 0) is 38.1 Å². The molecule has 3 N–H and O–H groups in total. The number of rotatable bonds is 6. The van der Waals surface area contributed by atoms with E-state index in [9.17, 15) is 0 Å². The van der Waals surface area contributed by atoms with Crippen LogP contribution in [0.5, 0.6) is 0 Å². The fourth-order valence-electron chi connectivity index (χ4n) is 2.21. The molecule has 90 valence electrons. The topological polar surface area (TPSA) is 47.3 Å². The maximum atomic E-state index is 6.00. The smallest absolute Gasteiger partial charge is 0.0724 e. The summed E-state index contributed by atoms with van der Waals surface area (Å²) >= 11 is 0. The van der Waals surface area contributed by atoms with Gasteiger partial charge in [-0.25, -0.2) is 0 Å². The zero-order valence-electron chi connectivity index (χ0n) is 10.3. The lowest BCUT2D eigenvalue weighted by atomic mass is 10.0. The van der Waals surface area contributed by atoms with Crippen LogP contribution in [0, 0.1) is 5.92 Å². The van der Waals surface area contributed by atoms with E-state index in [4.69, 9.17) is 10.5 Å². The van der Waals surface area contributed by atoms with Crippen LogP contribution in [-0.2, 0) is 4.74 Å². The number of hydrogen-bond acceptors (Lipinski definition) is 3. The van der Waals surface area contributed by atoms with E-state index >= 15 is 0 Å². The Labute approximate surface area is 93.8 Å². The molecular formula is C12H26N2O. The molecule has 0 bridgehead atoms. The van der Waals surface area contributed by atoms with Gasteiger partial charge in [-0.1, -0.05) is 13.8 Å². The lowest BCUT2D eigenvalue weighted by Crippen LogP contribution is -2.39. The first kappa shape index (κ1) is 12.9. The molecule has 3 heteroatoms. The number of hydrogen-bond donors (Lipinski definition) is 2. The zero-order chi connectivity index (χ0) is 11.3. The van der Waals surface area contributed by atoms with Gasteiger partial charge in [0.2, 0.25) is 0 Å². The van der Waals surface area contributed by atoms with Crippen molar-refractivity contribution in [3.05, 3.63) is 0 Å². The molecular weight excluding hydrogens is 188 g/mol. The van der Waals surface area contributed by atoms with E-state index in [1.54, 1.807) is 0 Å². The molecule has 0 saturated heterocycles. The molecule has 1 fully saturated rings. The molecule has 15 heavy (non-hydrogen) atoms. The van der Waals surface area contributed by atoms with Crippen LogP contribution in [-0.4, -0.2) is 31.8 Å². The van der Waals surface area contributed by atoms with Gasteiger partial charge in [-0.3, -0.25) is 0 Å². The molecule has 3 unspecified atom stereocenters. The molecule has 0 spiro atoms. The third-order valence-corrected chi connectivity index (χ3v) is 3.50. The molecule has 0 aliphatic heterocycles. The molecule has 0 heterocycles. The highest BCUT2D eigenvalue weighted by Crippen LogP contribution is 2.21. The Morgan fingerprint density at radius 2 is 2.13 bits per heavy atom. The predicted molar refractivity (Wildman–Crippen MR) is 63.9 cm³/mol. The average molecular weight is 214 g/mol. The summed E-state index contributed by atoms with van der Waals surface area (Å²) in [5.74, 6) is 0.577. The van der Waals surface area contributed by atoms with Crippen LogP contribution >= 0.6 is 0 Å². The molecule has 1 saturated carbocycles. The third kappa shape index (κ3) is 4.09. The molecule has 1 aliphatic rings. The number of ether oxygens (including phenoxy) is 1. The minimum absolute atomic E-state index is 0.319. The molecule has 0 amide bonds. The first-order valence-corrected chi connectivity index (χ1v) is 6.17. The van der Waals surface area contributed by atoms with Crippen molar-refractivity contribution < 1.29 is 4.74 Å². The zero-order valence-corrected chi connectivity index (χ0v) is 10.3. The fourth-order valence-corrected chi connectivity index (χ4v) is 2.21. The van der Waals surface area contributed by atoms with Gasteiger partial charge in [-0.15, -0.1) is 0 Å². The molecule has 0 aromatic rings. The second-order valence-electron chi connectivity index (χ2n) is 4.96. The maximum absolute atomic E-state index is 6.00. The van der Waals surface area contributed by atoms with Crippen molar-refractivity contribution in [1.29, 1.82) is 0 Å². The van der Waals surface area contributed by atoms with Crippen LogP contribution in [0.3, 0.4) is 0 Å². The lowest BCUT2D eigenvalue weighted by Gasteiger charge is -2.21. The van der Waals surface area contributed by atoms with Crippen LogP contribution in [0.1, 0.15) is 39.5 Å². The van der Waals surface area contributed by atoms with E-state index in [2.05, 4.69) is 19.2 Å². The molecule has 0 aromatic heterocycles. The predicted octanol–water partition coefficient (Wildman–Crippen LogP) is 1.52. The average Bonchev–Trinajstić information content (AvgIpc) is 2.65. The highest BCUT2D eigenvalue weighted by Gasteiger charge is 2.26.